The van der Waals surface area contributed by atoms with Gasteiger partial charge in [-0.25, -0.2) is 9.67 Å². The molecule has 7 rings (SSSR count). The van der Waals surface area contributed by atoms with E-state index in [1.54, 1.807) is 0 Å². The highest BCUT2D eigenvalue weighted by molar-refractivity contribution is 6.09. The van der Waals surface area contributed by atoms with Crippen molar-refractivity contribution in [2.75, 3.05) is 0 Å². The van der Waals surface area contributed by atoms with Crippen molar-refractivity contribution in [2.24, 2.45) is 0 Å². The van der Waals surface area contributed by atoms with E-state index in [0.29, 0.717) is 17.8 Å². The van der Waals surface area contributed by atoms with Crippen LogP contribution >= 0.6 is 0 Å². The highest BCUT2D eigenvalue weighted by Gasteiger charge is 2.22. The Morgan fingerprint density at radius 2 is 1.40 bits per heavy atom. The third kappa shape index (κ3) is 6.89. The maximum Gasteiger partial charge on any atom is 0.137 e. The van der Waals surface area contributed by atoms with E-state index >= 15 is 0 Å². The Balaban J connectivity index is 1.30. The van der Waals surface area contributed by atoms with Gasteiger partial charge in [-0.05, 0) is 115 Å². The van der Waals surface area contributed by atoms with Crippen LogP contribution in [0.25, 0.3) is 44.4 Å². The molecule has 0 bridgehead atoms. The smallest absolute Gasteiger partial charge is 0.137 e. The molecule has 4 aromatic carbocycles. The fourth-order valence-electron chi connectivity index (χ4n) is 7.89. The first kappa shape index (κ1) is 35.3. The number of hydrogen-bond donors (Lipinski definition) is 0. The number of ether oxygens (including phenoxy) is 1. The summed E-state index contributed by atoms with van der Waals surface area (Å²) in [6.45, 7) is 18.1. The van der Waals surface area contributed by atoms with Crippen LogP contribution in [-0.4, -0.2) is 19.3 Å². The predicted octanol–water partition coefficient (Wildman–Crippen LogP) is 13.4. The van der Waals surface area contributed by atoms with Crippen LogP contribution in [0, 0.1) is 13.8 Å². The van der Waals surface area contributed by atoms with Gasteiger partial charge in [0.25, 0.3) is 0 Å². The minimum Gasteiger partial charge on any atom is -0.457 e. The fraction of sp³-hybridized carbons (Fsp3) is 0.319. The van der Waals surface area contributed by atoms with Crippen LogP contribution in [0.1, 0.15) is 113 Å². The van der Waals surface area contributed by atoms with Gasteiger partial charge in [-0.1, -0.05) is 90.3 Å². The molecule has 0 saturated carbocycles. The number of rotatable bonds is 12. The summed E-state index contributed by atoms with van der Waals surface area (Å²) in [6.07, 6.45) is 10.8. The molecule has 5 heteroatoms. The van der Waals surface area contributed by atoms with Gasteiger partial charge in [-0.2, -0.15) is 5.10 Å². The second-order valence-electron chi connectivity index (χ2n) is 15.1. The van der Waals surface area contributed by atoms with Crippen LogP contribution in [0.2, 0.25) is 0 Å². The number of para-hydroxylation sites is 1. The molecule has 2 atom stereocenters. The molecule has 266 valence electrons. The van der Waals surface area contributed by atoms with Gasteiger partial charge in [0.1, 0.15) is 17.3 Å². The number of hydrogen-bond acceptors (Lipinski definition) is 3. The molecule has 0 aliphatic carbocycles. The Kier molecular flexibility index (Phi) is 10.1. The van der Waals surface area contributed by atoms with Crippen molar-refractivity contribution in [1.29, 1.82) is 0 Å². The van der Waals surface area contributed by atoms with E-state index in [4.69, 9.17) is 14.8 Å². The molecule has 52 heavy (non-hydrogen) atoms. The quantitative estimate of drug-likeness (QED) is 0.128. The Morgan fingerprint density at radius 3 is 2.10 bits per heavy atom. The number of nitrogens with zero attached hydrogens (tertiary/aromatic N) is 4. The van der Waals surface area contributed by atoms with Gasteiger partial charge < -0.3 is 4.74 Å². The molecule has 0 spiro atoms. The molecule has 2 unspecified atom stereocenters. The van der Waals surface area contributed by atoms with Crippen molar-refractivity contribution in [1.82, 2.24) is 19.3 Å². The second kappa shape index (κ2) is 14.8. The van der Waals surface area contributed by atoms with E-state index in [-0.39, 0.29) is 0 Å². The van der Waals surface area contributed by atoms with E-state index in [9.17, 15) is 0 Å². The summed E-state index contributed by atoms with van der Waals surface area (Å²) in [6, 6.07) is 30.4. The molecule has 0 fully saturated rings. The SMILES string of the molecule is CCCC(C)c1cc(C)cc(C(C)CCC)c1-c1cnn(-c2cc(Oc3ccc4c5ccccc5n(-c5cc(C)ccn5)c4c3)cc(C(C)C)c2)c1. The van der Waals surface area contributed by atoms with E-state index in [1.165, 1.54) is 49.7 Å². The van der Waals surface area contributed by atoms with E-state index in [2.05, 4.69) is 151 Å². The van der Waals surface area contributed by atoms with Gasteiger partial charge in [0.2, 0.25) is 0 Å². The van der Waals surface area contributed by atoms with Crippen LogP contribution in [-0.2, 0) is 0 Å². The van der Waals surface area contributed by atoms with Gasteiger partial charge in [-0.3, -0.25) is 4.57 Å². The third-order valence-electron chi connectivity index (χ3n) is 10.6. The topological polar surface area (TPSA) is 44.9 Å². The summed E-state index contributed by atoms with van der Waals surface area (Å²) in [5, 5.41) is 7.36. The average Bonchev–Trinajstić information content (AvgIpc) is 3.74. The first-order valence-electron chi connectivity index (χ1n) is 19.1. The minimum atomic E-state index is 0.315. The number of fused-ring (bicyclic) bond motifs is 3. The van der Waals surface area contributed by atoms with Gasteiger partial charge in [0.15, 0.2) is 0 Å². The first-order valence-corrected chi connectivity index (χ1v) is 19.1. The summed E-state index contributed by atoms with van der Waals surface area (Å²) in [5.74, 6) is 3.72. The van der Waals surface area contributed by atoms with Gasteiger partial charge in [0.05, 0.1) is 22.9 Å². The van der Waals surface area contributed by atoms with Crippen molar-refractivity contribution < 1.29 is 4.74 Å². The maximum absolute atomic E-state index is 6.73. The normalized spacial score (nSPS) is 12.9. The summed E-state index contributed by atoms with van der Waals surface area (Å²) in [4.78, 5) is 4.76. The van der Waals surface area contributed by atoms with Gasteiger partial charge in [-0.15, -0.1) is 0 Å². The number of aryl methyl sites for hydroxylation is 2. The standard InChI is InChI=1S/C47H52N4O/c1-9-13-33(7)42-21-32(6)22-43(34(8)14-10-2)47(42)36-28-49-50(29-36)37-24-35(30(3)4)25-39(26-37)52-38-17-18-41-40-15-11-12-16-44(40)51(45(41)27-38)46-23-31(5)19-20-48-46/h11-12,15-30,33-34H,9-10,13-14H2,1-8H3. The van der Waals surface area contributed by atoms with Crippen LogP contribution in [0.3, 0.4) is 0 Å². The van der Waals surface area contributed by atoms with Crippen molar-refractivity contribution in [3.05, 3.63) is 131 Å². The highest BCUT2D eigenvalue weighted by atomic mass is 16.5. The molecule has 5 nitrogen and oxygen atoms in total. The summed E-state index contributed by atoms with van der Waals surface area (Å²) >= 11 is 0. The molecule has 0 aliphatic heterocycles. The molecular weight excluding hydrogens is 637 g/mol. The maximum atomic E-state index is 6.73. The molecule has 0 saturated heterocycles. The lowest BCUT2D eigenvalue weighted by Gasteiger charge is -2.23. The van der Waals surface area contributed by atoms with Crippen LogP contribution in [0.15, 0.2) is 104 Å². The van der Waals surface area contributed by atoms with Crippen molar-refractivity contribution in [3.63, 3.8) is 0 Å². The van der Waals surface area contributed by atoms with Gasteiger partial charge >= 0.3 is 0 Å². The molecule has 3 aromatic heterocycles. The lowest BCUT2D eigenvalue weighted by Crippen LogP contribution is -2.04. The minimum absolute atomic E-state index is 0.315. The number of benzene rings is 4. The van der Waals surface area contributed by atoms with Crippen molar-refractivity contribution in [2.45, 2.75) is 98.8 Å². The largest absolute Gasteiger partial charge is 0.457 e. The molecule has 7 aromatic rings. The fourth-order valence-corrected chi connectivity index (χ4v) is 7.89. The number of pyridine rings is 1. The number of aromatic nitrogens is 4. The Morgan fingerprint density at radius 1 is 0.692 bits per heavy atom. The monoisotopic (exact) mass is 688 g/mol. The molecule has 3 heterocycles. The van der Waals surface area contributed by atoms with Crippen LogP contribution < -0.4 is 4.74 Å². The van der Waals surface area contributed by atoms with E-state index < -0.39 is 0 Å². The molecule has 0 aliphatic rings. The van der Waals surface area contributed by atoms with E-state index in [1.807, 2.05) is 16.9 Å². The Hall–Kier alpha value is -5.16. The zero-order chi connectivity index (χ0) is 36.5. The third-order valence-corrected chi connectivity index (χ3v) is 10.6. The molecule has 0 radical (unpaired) electrons. The van der Waals surface area contributed by atoms with E-state index in [0.717, 1.165) is 59.7 Å². The molecule has 0 amide bonds. The first-order chi connectivity index (χ1) is 25.1. The Bertz CT molecular complexity index is 2330. The lowest BCUT2D eigenvalue weighted by molar-refractivity contribution is 0.481. The predicted molar refractivity (Wildman–Crippen MR) is 218 cm³/mol. The zero-order valence-corrected chi connectivity index (χ0v) is 32.1. The summed E-state index contributed by atoms with van der Waals surface area (Å²) < 4.78 is 11.0. The molecular formula is C47H52N4O. The summed E-state index contributed by atoms with van der Waals surface area (Å²) in [7, 11) is 0. The van der Waals surface area contributed by atoms with Crippen LogP contribution in [0.5, 0.6) is 11.5 Å². The zero-order valence-electron chi connectivity index (χ0n) is 32.1. The Labute approximate surface area is 309 Å². The average molecular weight is 689 g/mol. The summed E-state index contributed by atoms with van der Waals surface area (Å²) in [5.41, 5.74) is 12.3. The van der Waals surface area contributed by atoms with Gasteiger partial charge in [0, 0.05) is 40.9 Å². The van der Waals surface area contributed by atoms with Crippen molar-refractivity contribution in [3.8, 4) is 34.1 Å². The van der Waals surface area contributed by atoms with Crippen LogP contribution in [0.4, 0.5) is 0 Å². The second-order valence-corrected chi connectivity index (χ2v) is 15.1. The highest BCUT2D eigenvalue weighted by Crippen LogP contribution is 2.41. The molecule has 0 N–H and O–H groups in total. The lowest BCUT2D eigenvalue weighted by atomic mass is 9.81. The van der Waals surface area contributed by atoms with Crippen molar-refractivity contribution >= 4 is 21.8 Å².